The first-order valence-corrected chi connectivity index (χ1v) is 3.98. The maximum absolute atomic E-state index is 11.4. The lowest BCUT2D eigenvalue weighted by Crippen LogP contribution is -2.30. The van der Waals surface area contributed by atoms with Crippen LogP contribution in [0.4, 0.5) is 0 Å². The van der Waals surface area contributed by atoms with Crippen LogP contribution in [0.15, 0.2) is 0 Å². The summed E-state index contributed by atoms with van der Waals surface area (Å²) in [6, 6.07) is 0. The van der Waals surface area contributed by atoms with Gasteiger partial charge in [0, 0.05) is 25.8 Å². The minimum atomic E-state index is -0.151. The van der Waals surface area contributed by atoms with Crippen molar-refractivity contribution in [2.45, 2.75) is 19.3 Å². The Morgan fingerprint density at radius 1 is 1.67 bits per heavy atom. The van der Waals surface area contributed by atoms with E-state index in [-0.39, 0.29) is 17.6 Å². The molecule has 12 heavy (non-hydrogen) atoms. The third-order valence-corrected chi connectivity index (χ3v) is 2.18. The van der Waals surface area contributed by atoms with Crippen molar-refractivity contribution in [3.05, 3.63) is 0 Å². The van der Waals surface area contributed by atoms with Gasteiger partial charge in [-0.1, -0.05) is 0 Å². The van der Waals surface area contributed by atoms with Gasteiger partial charge >= 0.3 is 0 Å². The topological polar surface area (TPSA) is 46.6 Å². The Balaban J connectivity index is 2.48. The highest BCUT2D eigenvalue weighted by Gasteiger charge is 2.30. The molecule has 0 saturated heterocycles. The quantitative estimate of drug-likeness (QED) is 0.564. The van der Waals surface area contributed by atoms with Crippen molar-refractivity contribution in [2.24, 2.45) is 5.92 Å². The van der Waals surface area contributed by atoms with Gasteiger partial charge in [0.05, 0.1) is 7.11 Å². The predicted octanol–water partition coefficient (Wildman–Crippen LogP) is 0.375. The minimum absolute atomic E-state index is 0.0941. The van der Waals surface area contributed by atoms with Crippen LogP contribution < -0.4 is 0 Å². The van der Waals surface area contributed by atoms with Crippen LogP contribution in [0.25, 0.3) is 0 Å². The lowest BCUT2D eigenvalue weighted by atomic mass is 10.1. The molecule has 1 atom stereocenters. The number of hydrogen-bond acceptors (Lipinski definition) is 3. The number of carbonyl (C=O) groups excluding carboxylic acids is 2. The lowest BCUT2D eigenvalue weighted by Gasteiger charge is -2.16. The van der Waals surface area contributed by atoms with Crippen LogP contribution in [0.3, 0.4) is 0 Å². The third-order valence-electron chi connectivity index (χ3n) is 2.18. The number of nitrogens with zero attached hydrogens (tertiary/aromatic N) is 1. The summed E-state index contributed by atoms with van der Waals surface area (Å²) in [5.74, 6) is -0.0661. The zero-order chi connectivity index (χ0) is 9.14. The van der Waals surface area contributed by atoms with Gasteiger partial charge in [0.25, 0.3) is 0 Å². The first-order chi connectivity index (χ1) is 5.65. The summed E-state index contributed by atoms with van der Waals surface area (Å²) in [5, 5.41) is 1.18. The zero-order valence-electron chi connectivity index (χ0n) is 7.37. The summed E-state index contributed by atoms with van der Waals surface area (Å²) >= 11 is 0. The molecule has 68 valence electrons. The Bertz CT molecular complexity index is 202. The molecular formula is C8H13NO3. The van der Waals surface area contributed by atoms with Crippen molar-refractivity contribution in [2.75, 3.05) is 14.2 Å². The van der Waals surface area contributed by atoms with Crippen LogP contribution in [0.2, 0.25) is 0 Å². The molecule has 0 bridgehead atoms. The van der Waals surface area contributed by atoms with E-state index in [4.69, 9.17) is 4.84 Å². The Kier molecular flexibility index (Phi) is 2.81. The average Bonchev–Trinajstić information content (AvgIpc) is 2.49. The van der Waals surface area contributed by atoms with Crippen LogP contribution in [-0.2, 0) is 14.4 Å². The van der Waals surface area contributed by atoms with Crippen molar-refractivity contribution in [1.29, 1.82) is 0 Å². The smallest absolute Gasteiger partial charge is 0.249 e. The maximum atomic E-state index is 11.4. The van der Waals surface area contributed by atoms with Gasteiger partial charge in [-0.25, -0.2) is 5.06 Å². The van der Waals surface area contributed by atoms with Gasteiger partial charge in [0.2, 0.25) is 5.91 Å². The van der Waals surface area contributed by atoms with Gasteiger partial charge < -0.3 is 0 Å². The first kappa shape index (κ1) is 9.19. The standard InChI is InChI=1S/C8H13NO3/c1-9(12-2)8(11)6-3-4-7(10)5-6/h6H,3-5H2,1-2H3/t6-/m1/s1. The summed E-state index contributed by atoms with van der Waals surface area (Å²) < 4.78 is 0. The second-order valence-corrected chi connectivity index (χ2v) is 3.00. The number of ketones is 1. The predicted molar refractivity (Wildman–Crippen MR) is 42.1 cm³/mol. The van der Waals surface area contributed by atoms with Gasteiger partial charge in [-0.3, -0.25) is 14.4 Å². The molecule has 1 aliphatic rings. The van der Waals surface area contributed by atoms with Crippen LogP contribution in [0.1, 0.15) is 19.3 Å². The fraction of sp³-hybridized carbons (Fsp3) is 0.750. The molecule has 1 fully saturated rings. The molecule has 0 aromatic heterocycles. The van der Waals surface area contributed by atoms with Crippen molar-refractivity contribution in [3.8, 4) is 0 Å². The molecule has 0 heterocycles. The van der Waals surface area contributed by atoms with Crippen molar-refractivity contribution in [3.63, 3.8) is 0 Å². The summed E-state index contributed by atoms with van der Waals surface area (Å²) in [5.41, 5.74) is 0. The molecule has 1 saturated carbocycles. The highest BCUT2D eigenvalue weighted by molar-refractivity contribution is 5.89. The number of carbonyl (C=O) groups is 2. The second kappa shape index (κ2) is 3.67. The van der Waals surface area contributed by atoms with E-state index in [1.165, 1.54) is 12.2 Å². The Morgan fingerprint density at radius 2 is 2.33 bits per heavy atom. The number of amides is 1. The highest BCUT2D eigenvalue weighted by atomic mass is 16.7. The number of hydrogen-bond donors (Lipinski definition) is 0. The van der Waals surface area contributed by atoms with Gasteiger partial charge in [-0.2, -0.15) is 0 Å². The van der Waals surface area contributed by atoms with E-state index in [2.05, 4.69) is 0 Å². The molecule has 0 aromatic rings. The molecular weight excluding hydrogens is 158 g/mol. The van der Waals surface area contributed by atoms with Crippen molar-refractivity contribution in [1.82, 2.24) is 5.06 Å². The molecule has 1 amide bonds. The fourth-order valence-electron chi connectivity index (χ4n) is 1.37. The minimum Gasteiger partial charge on any atom is -0.300 e. The zero-order valence-corrected chi connectivity index (χ0v) is 7.37. The van der Waals surface area contributed by atoms with Crippen LogP contribution in [0, 0.1) is 5.92 Å². The number of Topliss-reactive ketones (excluding diaryl/α,β-unsaturated/α-hetero) is 1. The first-order valence-electron chi connectivity index (χ1n) is 3.98. The Morgan fingerprint density at radius 3 is 2.75 bits per heavy atom. The van der Waals surface area contributed by atoms with Crippen LogP contribution in [-0.4, -0.2) is 30.9 Å². The normalized spacial score (nSPS) is 22.8. The fourth-order valence-corrected chi connectivity index (χ4v) is 1.37. The SMILES string of the molecule is CON(C)C(=O)[C@@H]1CCC(=O)C1. The third kappa shape index (κ3) is 1.82. The van der Waals surface area contributed by atoms with E-state index in [0.717, 1.165) is 0 Å². The lowest BCUT2D eigenvalue weighted by molar-refractivity contribution is -0.173. The summed E-state index contributed by atoms with van der Waals surface area (Å²) in [4.78, 5) is 27.0. The Labute approximate surface area is 71.4 Å². The molecule has 0 spiro atoms. The molecule has 0 radical (unpaired) electrons. The van der Waals surface area contributed by atoms with E-state index in [1.54, 1.807) is 7.05 Å². The molecule has 4 heteroatoms. The van der Waals surface area contributed by atoms with Crippen molar-refractivity contribution < 1.29 is 14.4 Å². The highest BCUT2D eigenvalue weighted by Crippen LogP contribution is 2.23. The van der Waals surface area contributed by atoms with E-state index in [0.29, 0.717) is 19.3 Å². The second-order valence-electron chi connectivity index (χ2n) is 3.00. The number of rotatable bonds is 2. The number of hydroxylamine groups is 2. The molecule has 4 nitrogen and oxygen atoms in total. The van der Waals surface area contributed by atoms with E-state index in [9.17, 15) is 9.59 Å². The summed E-state index contributed by atoms with van der Waals surface area (Å²) in [7, 11) is 3.00. The average molecular weight is 171 g/mol. The van der Waals surface area contributed by atoms with E-state index < -0.39 is 0 Å². The molecule has 1 aliphatic carbocycles. The van der Waals surface area contributed by atoms with Gasteiger partial charge in [-0.05, 0) is 6.42 Å². The van der Waals surface area contributed by atoms with Crippen LogP contribution >= 0.6 is 0 Å². The molecule has 0 unspecified atom stereocenters. The van der Waals surface area contributed by atoms with E-state index in [1.807, 2.05) is 0 Å². The molecule has 0 aliphatic heterocycles. The van der Waals surface area contributed by atoms with Crippen molar-refractivity contribution >= 4 is 11.7 Å². The molecule has 0 aromatic carbocycles. The maximum Gasteiger partial charge on any atom is 0.249 e. The molecule has 1 rings (SSSR count). The van der Waals surface area contributed by atoms with Gasteiger partial charge in [0.1, 0.15) is 5.78 Å². The van der Waals surface area contributed by atoms with Crippen LogP contribution in [0.5, 0.6) is 0 Å². The summed E-state index contributed by atoms with van der Waals surface area (Å²) in [6.07, 6.45) is 1.59. The van der Waals surface area contributed by atoms with E-state index >= 15 is 0 Å². The molecule has 0 N–H and O–H groups in total. The summed E-state index contributed by atoms with van der Waals surface area (Å²) in [6.45, 7) is 0. The van der Waals surface area contributed by atoms with Gasteiger partial charge in [0.15, 0.2) is 0 Å². The Hall–Kier alpha value is -0.900. The van der Waals surface area contributed by atoms with Gasteiger partial charge in [-0.15, -0.1) is 0 Å². The largest absolute Gasteiger partial charge is 0.300 e. The monoisotopic (exact) mass is 171 g/mol.